The van der Waals surface area contributed by atoms with Gasteiger partial charge in [-0.15, -0.1) is 0 Å². The van der Waals surface area contributed by atoms with Crippen LogP contribution in [0.25, 0.3) is 0 Å². The third kappa shape index (κ3) is 2.40. The monoisotopic (exact) mass is 210 g/mol. The highest BCUT2D eigenvalue weighted by Crippen LogP contribution is 2.70. The van der Waals surface area contributed by atoms with Crippen LogP contribution >= 0.6 is 0 Å². The van der Waals surface area contributed by atoms with Crippen molar-refractivity contribution >= 4 is 0 Å². The van der Waals surface area contributed by atoms with E-state index in [9.17, 15) is 0 Å². The lowest BCUT2D eigenvalue weighted by Crippen LogP contribution is -2.19. The molecule has 1 aliphatic carbocycles. The largest absolute Gasteiger partial charge is 0.0654 e. The molecule has 0 heterocycles. The van der Waals surface area contributed by atoms with Crippen molar-refractivity contribution in [1.29, 1.82) is 0 Å². The van der Waals surface area contributed by atoms with E-state index in [2.05, 4.69) is 41.5 Å². The van der Waals surface area contributed by atoms with Crippen molar-refractivity contribution < 1.29 is 0 Å². The molecule has 0 radical (unpaired) electrons. The van der Waals surface area contributed by atoms with Gasteiger partial charge in [-0.2, -0.15) is 0 Å². The molecule has 1 aliphatic rings. The Morgan fingerprint density at radius 2 is 1.73 bits per heavy atom. The summed E-state index contributed by atoms with van der Waals surface area (Å²) < 4.78 is 0. The normalized spacial score (nSPS) is 38.8. The Morgan fingerprint density at radius 3 is 2.20 bits per heavy atom. The fourth-order valence-corrected chi connectivity index (χ4v) is 3.49. The first kappa shape index (κ1) is 13.1. The molecule has 4 unspecified atom stereocenters. The Morgan fingerprint density at radius 1 is 1.13 bits per heavy atom. The number of hydrogen-bond donors (Lipinski definition) is 0. The van der Waals surface area contributed by atoms with E-state index in [-0.39, 0.29) is 0 Å². The lowest BCUT2D eigenvalue weighted by Gasteiger charge is -2.27. The topological polar surface area (TPSA) is 0 Å². The minimum atomic E-state index is 0.645. The molecule has 4 atom stereocenters. The van der Waals surface area contributed by atoms with Crippen molar-refractivity contribution in [2.45, 2.75) is 73.6 Å². The number of rotatable bonds is 6. The highest BCUT2D eigenvalue weighted by molar-refractivity contribution is 5.11. The van der Waals surface area contributed by atoms with Crippen molar-refractivity contribution in [3.8, 4) is 0 Å². The lowest BCUT2D eigenvalue weighted by atomic mass is 9.78. The van der Waals surface area contributed by atoms with Crippen LogP contribution in [0.5, 0.6) is 0 Å². The summed E-state index contributed by atoms with van der Waals surface area (Å²) in [5, 5.41) is 0. The third-order valence-corrected chi connectivity index (χ3v) is 5.35. The second-order valence-corrected chi connectivity index (χ2v) is 6.56. The smallest absolute Gasteiger partial charge is 0.0241 e. The first-order valence-electron chi connectivity index (χ1n) is 6.89. The summed E-state index contributed by atoms with van der Waals surface area (Å²) in [6.45, 7) is 14.5. The van der Waals surface area contributed by atoms with E-state index >= 15 is 0 Å². The first-order chi connectivity index (χ1) is 6.89. The predicted molar refractivity (Wildman–Crippen MR) is 69.0 cm³/mol. The molecule has 1 saturated carbocycles. The number of hydrogen-bond acceptors (Lipinski definition) is 0. The van der Waals surface area contributed by atoms with Crippen LogP contribution in [0.3, 0.4) is 0 Å². The van der Waals surface area contributed by atoms with Crippen LogP contribution in [0.1, 0.15) is 73.6 Å². The van der Waals surface area contributed by atoms with E-state index < -0.39 is 0 Å². The van der Waals surface area contributed by atoms with Gasteiger partial charge in [-0.3, -0.25) is 0 Å². The standard InChI is InChI=1S/C15H30/c1-7-9-14(5)11-15(14,6)13(4)10-12(3)8-2/h12-13H,7-11H2,1-6H3. The van der Waals surface area contributed by atoms with Gasteiger partial charge in [0.05, 0.1) is 0 Å². The van der Waals surface area contributed by atoms with E-state index in [1.807, 2.05) is 0 Å². The first-order valence-corrected chi connectivity index (χ1v) is 6.89. The highest BCUT2D eigenvalue weighted by Gasteiger charge is 2.61. The molecular weight excluding hydrogens is 180 g/mol. The Balaban J connectivity index is 2.51. The second-order valence-electron chi connectivity index (χ2n) is 6.56. The summed E-state index contributed by atoms with van der Waals surface area (Å²) in [7, 11) is 0. The molecule has 1 rings (SSSR count). The van der Waals surface area contributed by atoms with Gasteiger partial charge in [-0.1, -0.05) is 54.4 Å². The van der Waals surface area contributed by atoms with Crippen LogP contribution in [0.15, 0.2) is 0 Å². The van der Waals surface area contributed by atoms with Gasteiger partial charge in [0.1, 0.15) is 0 Å². The zero-order chi connectivity index (χ0) is 11.7. The van der Waals surface area contributed by atoms with Crippen molar-refractivity contribution in [1.82, 2.24) is 0 Å². The molecule has 0 N–H and O–H groups in total. The molecule has 1 fully saturated rings. The van der Waals surface area contributed by atoms with Crippen LogP contribution in [-0.4, -0.2) is 0 Å². The summed E-state index contributed by atoms with van der Waals surface area (Å²) >= 11 is 0. The molecule has 0 aromatic heterocycles. The van der Waals surface area contributed by atoms with Crippen LogP contribution in [0, 0.1) is 22.7 Å². The highest BCUT2D eigenvalue weighted by atomic mass is 14.7. The van der Waals surface area contributed by atoms with Crippen LogP contribution in [-0.2, 0) is 0 Å². The second kappa shape index (κ2) is 4.47. The van der Waals surface area contributed by atoms with Gasteiger partial charge in [-0.25, -0.2) is 0 Å². The van der Waals surface area contributed by atoms with Crippen molar-refractivity contribution in [3.05, 3.63) is 0 Å². The summed E-state index contributed by atoms with van der Waals surface area (Å²) in [6.07, 6.45) is 7.00. The van der Waals surface area contributed by atoms with Gasteiger partial charge in [0.2, 0.25) is 0 Å². The molecule has 0 aliphatic heterocycles. The molecular formula is C15H30. The summed E-state index contributed by atoms with van der Waals surface area (Å²) in [4.78, 5) is 0. The lowest BCUT2D eigenvalue weighted by molar-refractivity contribution is 0.224. The summed E-state index contributed by atoms with van der Waals surface area (Å²) in [5.74, 6) is 1.81. The molecule has 0 saturated heterocycles. The quantitative estimate of drug-likeness (QED) is 0.560. The average Bonchev–Trinajstić information content (AvgIpc) is 2.71. The fourth-order valence-electron chi connectivity index (χ4n) is 3.49. The Labute approximate surface area is 96.8 Å². The van der Waals surface area contributed by atoms with E-state index in [0.717, 1.165) is 11.8 Å². The van der Waals surface area contributed by atoms with Gasteiger partial charge < -0.3 is 0 Å². The van der Waals surface area contributed by atoms with Crippen LogP contribution in [0.4, 0.5) is 0 Å². The predicted octanol–water partition coefficient (Wildman–Crippen LogP) is 5.28. The van der Waals surface area contributed by atoms with Gasteiger partial charge in [0.15, 0.2) is 0 Å². The molecule has 0 spiro atoms. The molecule has 0 bridgehead atoms. The molecule has 0 nitrogen and oxygen atoms in total. The van der Waals surface area contributed by atoms with Gasteiger partial charge in [-0.05, 0) is 41.9 Å². The summed E-state index contributed by atoms with van der Waals surface area (Å²) in [6, 6.07) is 0. The van der Waals surface area contributed by atoms with E-state index in [1.165, 1.54) is 32.1 Å². The molecule has 0 heteroatoms. The Kier molecular flexibility index (Phi) is 3.90. The van der Waals surface area contributed by atoms with Gasteiger partial charge in [0, 0.05) is 0 Å². The maximum Gasteiger partial charge on any atom is -0.0241 e. The van der Waals surface area contributed by atoms with Crippen LogP contribution < -0.4 is 0 Å². The fraction of sp³-hybridized carbons (Fsp3) is 1.00. The molecule has 15 heavy (non-hydrogen) atoms. The zero-order valence-electron chi connectivity index (χ0n) is 11.7. The van der Waals surface area contributed by atoms with E-state index in [4.69, 9.17) is 0 Å². The Bertz CT molecular complexity index is 208. The maximum atomic E-state index is 2.52. The SMILES string of the molecule is CCCC1(C)CC1(C)C(C)CC(C)CC. The van der Waals surface area contributed by atoms with Crippen molar-refractivity contribution in [2.24, 2.45) is 22.7 Å². The minimum Gasteiger partial charge on any atom is -0.0654 e. The molecule has 0 amide bonds. The summed E-state index contributed by atoms with van der Waals surface area (Å²) in [5.41, 5.74) is 1.31. The van der Waals surface area contributed by atoms with Gasteiger partial charge in [0.25, 0.3) is 0 Å². The molecule has 0 aromatic rings. The third-order valence-electron chi connectivity index (χ3n) is 5.35. The van der Waals surface area contributed by atoms with Gasteiger partial charge >= 0.3 is 0 Å². The average molecular weight is 210 g/mol. The van der Waals surface area contributed by atoms with Crippen molar-refractivity contribution in [3.63, 3.8) is 0 Å². The minimum absolute atomic E-state index is 0.645. The van der Waals surface area contributed by atoms with Crippen LogP contribution in [0.2, 0.25) is 0 Å². The van der Waals surface area contributed by atoms with E-state index in [0.29, 0.717) is 10.8 Å². The Hall–Kier alpha value is 0. The molecule has 0 aromatic carbocycles. The molecule has 90 valence electrons. The zero-order valence-corrected chi connectivity index (χ0v) is 11.7. The van der Waals surface area contributed by atoms with E-state index in [1.54, 1.807) is 0 Å². The van der Waals surface area contributed by atoms with Crippen molar-refractivity contribution in [2.75, 3.05) is 0 Å². The maximum absolute atomic E-state index is 2.52.